The van der Waals surface area contributed by atoms with E-state index >= 15 is 0 Å². The monoisotopic (exact) mass is 462 g/mol. The van der Waals surface area contributed by atoms with Gasteiger partial charge in [-0.15, -0.1) is 0 Å². The number of hydrogen-bond donors (Lipinski definition) is 1. The van der Waals surface area contributed by atoms with Gasteiger partial charge in [0.05, 0.1) is 17.2 Å². The van der Waals surface area contributed by atoms with Crippen molar-refractivity contribution >= 4 is 0 Å². The Morgan fingerprint density at radius 1 is 1.00 bits per heavy atom. The molecule has 3 atom stereocenters. The summed E-state index contributed by atoms with van der Waals surface area (Å²) >= 11 is 0. The molecule has 0 saturated carbocycles. The molecule has 174 valence electrons. The normalized spacial score (nSPS) is 25.8. The first-order valence-corrected chi connectivity index (χ1v) is 12.3. The lowest BCUT2D eigenvalue weighted by Gasteiger charge is -2.40. The molecule has 2 aliphatic heterocycles. The van der Waals surface area contributed by atoms with Crippen LogP contribution in [-0.4, -0.2) is 14.7 Å². The van der Waals surface area contributed by atoms with E-state index in [9.17, 15) is 9.90 Å². The van der Waals surface area contributed by atoms with Crippen molar-refractivity contribution in [3.63, 3.8) is 0 Å². The van der Waals surface area contributed by atoms with Crippen LogP contribution in [0.3, 0.4) is 0 Å². The molecule has 0 unspecified atom stereocenters. The molecule has 1 N–H and O–H groups in total. The lowest BCUT2D eigenvalue weighted by Crippen LogP contribution is -2.49. The first-order valence-electron chi connectivity index (χ1n) is 12.3. The van der Waals surface area contributed by atoms with Gasteiger partial charge < -0.3 is 9.84 Å². The van der Waals surface area contributed by atoms with Crippen LogP contribution >= 0.6 is 0 Å². The van der Waals surface area contributed by atoms with Crippen LogP contribution in [0.25, 0.3) is 0 Å². The highest BCUT2D eigenvalue weighted by Gasteiger charge is 2.72. The van der Waals surface area contributed by atoms with Crippen LogP contribution in [0.15, 0.2) is 83.7 Å². The largest absolute Gasteiger partial charge is 0.477 e. The molecular weight excluding hydrogens is 436 g/mol. The molecule has 1 aliphatic carbocycles. The number of aryl methyl sites for hydroxylation is 2. The average molecular weight is 463 g/mol. The average Bonchev–Trinajstić information content (AvgIpc) is 3.28. The highest BCUT2D eigenvalue weighted by molar-refractivity contribution is 5.64. The van der Waals surface area contributed by atoms with Gasteiger partial charge in [-0.1, -0.05) is 72.8 Å². The molecule has 0 saturated heterocycles. The molecule has 5 heteroatoms. The molecule has 0 amide bonds. The second-order valence-corrected chi connectivity index (χ2v) is 9.96. The molecule has 1 aromatic heterocycles. The smallest absolute Gasteiger partial charge is 0.257 e. The Balaban J connectivity index is 1.66. The number of ether oxygens (including phenoxy) is 1. The maximum Gasteiger partial charge on any atom is 0.257 e. The van der Waals surface area contributed by atoms with Crippen LogP contribution in [0.4, 0.5) is 0 Å². The molecule has 3 aliphatic rings. The Morgan fingerprint density at radius 3 is 2.51 bits per heavy atom. The fourth-order valence-corrected chi connectivity index (χ4v) is 6.53. The van der Waals surface area contributed by atoms with Crippen molar-refractivity contribution in [1.29, 1.82) is 0 Å². The zero-order valence-electron chi connectivity index (χ0n) is 19.6. The van der Waals surface area contributed by atoms with Crippen molar-refractivity contribution < 1.29 is 9.84 Å². The van der Waals surface area contributed by atoms with Gasteiger partial charge in [-0.3, -0.25) is 9.36 Å². The second kappa shape index (κ2) is 7.15. The fraction of sp³-hybridized carbons (Fsp3) is 0.267. The number of benzene rings is 3. The third kappa shape index (κ3) is 2.51. The van der Waals surface area contributed by atoms with E-state index in [1.165, 1.54) is 0 Å². The number of hydrogen-bond acceptors (Lipinski definition) is 4. The van der Waals surface area contributed by atoms with Crippen molar-refractivity contribution in [2.24, 2.45) is 0 Å². The standard InChI is InChI=1S/C30H26N2O3/c1-19-15-16-22-23(18-19)35-30(21-12-6-3-7-13-21)26(20-10-4-2-5-11-20)25-27(29(22,30)34)31-24-14-8-9-17-32(24)28(25)33/h2-7,10-13,15-16,18,26,34H,8-9,14,17H2,1H3/t26-,29+,30+/m1/s1. The van der Waals surface area contributed by atoms with Crippen molar-refractivity contribution in [1.82, 2.24) is 9.55 Å². The zero-order chi connectivity index (χ0) is 23.8. The lowest BCUT2D eigenvalue weighted by molar-refractivity contribution is -0.0905. The number of aliphatic hydroxyl groups is 1. The highest BCUT2D eigenvalue weighted by atomic mass is 16.5. The first kappa shape index (κ1) is 20.7. The molecule has 0 fully saturated rings. The summed E-state index contributed by atoms with van der Waals surface area (Å²) < 4.78 is 8.73. The van der Waals surface area contributed by atoms with E-state index in [4.69, 9.17) is 9.72 Å². The fourth-order valence-electron chi connectivity index (χ4n) is 6.53. The predicted octanol–water partition coefficient (Wildman–Crippen LogP) is 4.56. The molecule has 3 heterocycles. The van der Waals surface area contributed by atoms with E-state index < -0.39 is 17.1 Å². The highest BCUT2D eigenvalue weighted by Crippen LogP contribution is 2.67. The van der Waals surface area contributed by atoms with Gasteiger partial charge in [0.15, 0.2) is 11.2 Å². The minimum absolute atomic E-state index is 0.0612. The summed E-state index contributed by atoms with van der Waals surface area (Å²) in [5, 5.41) is 13.0. The van der Waals surface area contributed by atoms with Gasteiger partial charge in [0.25, 0.3) is 5.56 Å². The van der Waals surface area contributed by atoms with Gasteiger partial charge in [-0.2, -0.15) is 0 Å². The SMILES string of the molecule is Cc1ccc2c(c1)O[C@@]1(c3ccccc3)[C@H](c3ccccc3)c3c(nc4n(c3=O)CCCC4)[C@@]21O. The third-order valence-corrected chi connectivity index (χ3v) is 8.02. The van der Waals surface area contributed by atoms with E-state index in [0.717, 1.165) is 41.8 Å². The van der Waals surface area contributed by atoms with Gasteiger partial charge in [-0.05, 0) is 37.0 Å². The van der Waals surface area contributed by atoms with Crippen LogP contribution in [0.1, 0.15) is 58.1 Å². The number of rotatable bonds is 2. The Labute approximate surface area is 203 Å². The molecule has 3 aromatic carbocycles. The van der Waals surface area contributed by atoms with Crippen LogP contribution in [0.2, 0.25) is 0 Å². The number of aromatic nitrogens is 2. The van der Waals surface area contributed by atoms with Crippen molar-refractivity contribution in [2.75, 3.05) is 0 Å². The molecule has 5 nitrogen and oxygen atoms in total. The quantitative estimate of drug-likeness (QED) is 0.475. The van der Waals surface area contributed by atoms with Gasteiger partial charge in [-0.25, -0.2) is 4.98 Å². The summed E-state index contributed by atoms with van der Waals surface area (Å²) in [6, 6.07) is 25.7. The van der Waals surface area contributed by atoms with Crippen LogP contribution in [0, 0.1) is 6.92 Å². The summed E-state index contributed by atoms with van der Waals surface area (Å²) in [5.41, 5.74) is 1.51. The Hall–Kier alpha value is -3.70. The lowest BCUT2D eigenvalue weighted by atomic mass is 9.70. The zero-order valence-corrected chi connectivity index (χ0v) is 19.6. The van der Waals surface area contributed by atoms with Crippen LogP contribution in [0.5, 0.6) is 5.75 Å². The number of nitrogens with zero attached hydrogens (tertiary/aromatic N) is 2. The molecule has 0 bridgehead atoms. The van der Waals surface area contributed by atoms with Crippen molar-refractivity contribution in [2.45, 2.75) is 49.9 Å². The van der Waals surface area contributed by atoms with Crippen LogP contribution < -0.4 is 10.3 Å². The van der Waals surface area contributed by atoms with E-state index in [0.29, 0.717) is 29.1 Å². The number of fused-ring (bicyclic) bond motifs is 6. The maximum atomic E-state index is 14.2. The van der Waals surface area contributed by atoms with Gasteiger partial charge in [0, 0.05) is 24.1 Å². The summed E-state index contributed by atoms with van der Waals surface area (Å²) in [7, 11) is 0. The van der Waals surface area contributed by atoms with Crippen LogP contribution in [-0.2, 0) is 24.2 Å². The Kier molecular flexibility index (Phi) is 4.22. The third-order valence-electron chi connectivity index (χ3n) is 8.02. The molecular formula is C30H26N2O3. The van der Waals surface area contributed by atoms with Crippen molar-refractivity contribution in [3.8, 4) is 5.75 Å². The second-order valence-electron chi connectivity index (χ2n) is 9.96. The summed E-state index contributed by atoms with van der Waals surface area (Å²) in [6.45, 7) is 2.67. The molecule has 0 radical (unpaired) electrons. The molecule has 0 spiro atoms. The minimum Gasteiger partial charge on any atom is -0.477 e. The molecule has 7 rings (SSSR count). The van der Waals surface area contributed by atoms with E-state index in [2.05, 4.69) is 0 Å². The maximum absolute atomic E-state index is 14.2. The molecule has 35 heavy (non-hydrogen) atoms. The Bertz CT molecular complexity index is 1530. The summed E-state index contributed by atoms with van der Waals surface area (Å²) in [6.07, 6.45) is 2.67. The van der Waals surface area contributed by atoms with Gasteiger partial charge in [0.1, 0.15) is 11.6 Å². The van der Waals surface area contributed by atoms with E-state index in [1.807, 2.05) is 90.4 Å². The van der Waals surface area contributed by atoms with E-state index in [-0.39, 0.29) is 5.56 Å². The summed E-state index contributed by atoms with van der Waals surface area (Å²) in [4.78, 5) is 19.2. The minimum atomic E-state index is -1.61. The van der Waals surface area contributed by atoms with Gasteiger partial charge >= 0.3 is 0 Å². The van der Waals surface area contributed by atoms with E-state index in [1.54, 1.807) is 0 Å². The molecule has 4 aromatic rings. The van der Waals surface area contributed by atoms with Gasteiger partial charge in [0.2, 0.25) is 0 Å². The Morgan fingerprint density at radius 2 is 1.74 bits per heavy atom. The summed E-state index contributed by atoms with van der Waals surface area (Å²) in [5.74, 6) is 0.866. The first-order chi connectivity index (χ1) is 17.1. The predicted molar refractivity (Wildman–Crippen MR) is 133 cm³/mol. The van der Waals surface area contributed by atoms with Crippen molar-refractivity contribution in [3.05, 3.63) is 129 Å². The topological polar surface area (TPSA) is 64.4 Å².